The van der Waals surface area contributed by atoms with Crippen LogP contribution in [0.2, 0.25) is 0 Å². The van der Waals surface area contributed by atoms with Gasteiger partial charge in [-0.2, -0.15) is 0 Å². The van der Waals surface area contributed by atoms with Gasteiger partial charge in [0.1, 0.15) is 11.6 Å². The number of anilines is 1. The predicted molar refractivity (Wildman–Crippen MR) is 119 cm³/mol. The molecule has 1 atom stereocenters. The van der Waals surface area contributed by atoms with Crippen molar-refractivity contribution >= 4 is 23.4 Å². The minimum atomic E-state index is -0.438. The zero-order valence-electron chi connectivity index (χ0n) is 17.8. The van der Waals surface area contributed by atoms with E-state index in [1.165, 1.54) is 11.8 Å². The van der Waals surface area contributed by atoms with Gasteiger partial charge >= 0.3 is 0 Å². The van der Waals surface area contributed by atoms with Gasteiger partial charge in [-0.1, -0.05) is 44.7 Å². The zero-order valence-corrected chi connectivity index (χ0v) is 18.6. The molecule has 1 aromatic carbocycles. The maximum Gasteiger partial charge on any atom is 0.257 e. The fourth-order valence-electron chi connectivity index (χ4n) is 4.35. The fourth-order valence-corrected chi connectivity index (χ4v) is 4.95. The van der Waals surface area contributed by atoms with E-state index in [1.54, 1.807) is 0 Å². The van der Waals surface area contributed by atoms with Gasteiger partial charge in [-0.25, -0.2) is 4.98 Å². The average molecular weight is 426 g/mol. The number of hydrogen-bond donors (Lipinski definition) is 2. The molecule has 0 saturated carbocycles. The summed E-state index contributed by atoms with van der Waals surface area (Å²) < 4.78 is 5.56. The highest BCUT2D eigenvalue weighted by Crippen LogP contribution is 2.47. The minimum Gasteiger partial charge on any atom is -0.494 e. The summed E-state index contributed by atoms with van der Waals surface area (Å²) in [7, 11) is 0. The first-order valence-corrected chi connectivity index (χ1v) is 11.3. The Morgan fingerprint density at radius 2 is 1.90 bits per heavy atom. The van der Waals surface area contributed by atoms with Gasteiger partial charge < -0.3 is 15.0 Å². The molecule has 158 valence electrons. The quantitative estimate of drug-likeness (QED) is 0.543. The summed E-state index contributed by atoms with van der Waals surface area (Å²) in [4.78, 5) is 33.9. The maximum atomic E-state index is 13.2. The maximum absolute atomic E-state index is 13.2. The van der Waals surface area contributed by atoms with E-state index >= 15 is 0 Å². The Bertz CT molecular complexity index is 1070. The summed E-state index contributed by atoms with van der Waals surface area (Å²) in [5, 5.41) is 3.93. The number of ketones is 1. The molecule has 1 aliphatic heterocycles. The first-order valence-electron chi connectivity index (χ1n) is 10.4. The number of nitrogens with one attached hydrogen (secondary N) is 2. The second-order valence-electron chi connectivity index (χ2n) is 8.46. The molecule has 0 radical (unpaired) electrons. The van der Waals surface area contributed by atoms with Crippen molar-refractivity contribution in [3.63, 3.8) is 0 Å². The summed E-state index contributed by atoms with van der Waals surface area (Å²) in [6.07, 6.45) is 1.21. The molecule has 1 aliphatic carbocycles. The van der Waals surface area contributed by atoms with E-state index in [0.717, 1.165) is 29.2 Å². The number of carbonyl (C=O) groups excluding carboxylic acids is 1. The zero-order chi connectivity index (χ0) is 21.5. The molecule has 0 fully saturated rings. The van der Waals surface area contributed by atoms with Crippen LogP contribution in [0.4, 0.5) is 5.82 Å². The van der Waals surface area contributed by atoms with Crippen molar-refractivity contribution < 1.29 is 9.53 Å². The van der Waals surface area contributed by atoms with E-state index < -0.39 is 5.92 Å². The Morgan fingerprint density at radius 1 is 1.17 bits per heavy atom. The van der Waals surface area contributed by atoms with Crippen LogP contribution in [0.5, 0.6) is 5.75 Å². The van der Waals surface area contributed by atoms with Crippen LogP contribution in [0.15, 0.2) is 45.5 Å². The van der Waals surface area contributed by atoms with E-state index in [1.807, 2.05) is 38.1 Å². The second-order valence-corrected chi connectivity index (χ2v) is 9.71. The van der Waals surface area contributed by atoms with Crippen LogP contribution in [-0.4, -0.2) is 28.1 Å². The average Bonchev–Trinajstić information content (AvgIpc) is 2.66. The van der Waals surface area contributed by atoms with E-state index in [9.17, 15) is 9.59 Å². The summed E-state index contributed by atoms with van der Waals surface area (Å²) in [5.74, 6) is 1.78. The van der Waals surface area contributed by atoms with Gasteiger partial charge in [0.05, 0.1) is 12.2 Å². The molecule has 0 saturated heterocycles. The highest BCUT2D eigenvalue weighted by Gasteiger charge is 2.42. The van der Waals surface area contributed by atoms with Crippen LogP contribution >= 0.6 is 11.8 Å². The number of fused-ring (bicyclic) bond motifs is 1. The minimum absolute atomic E-state index is 0.0877. The number of carbonyl (C=O) groups is 1. The molecule has 2 aromatic rings. The Balaban J connectivity index is 1.89. The molecular weight excluding hydrogens is 398 g/mol. The van der Waals surface area contributed by atoms with Crippen LogP contribution in [0, 0.1) is 5.41 Å². The summed E-state index contributed by atoms with van der Waals surface area (Å²) in [6.45, 7) is 8.74. The van der Waals surface area contributed by atoms with Gasteiger partial charge in [0.25, 0.3) is 5.56 Å². The lowest BCUT2D eigenvalue weighted by molar-refractivity contribution is -0.118. The van der Waals surface area contributed by atoms with Gasteiger partial charge in [0.15, 0.2) is 10.9 Å². The summed E-state index contributed by atoms with van der Waals surface area (Å²) in [6, 6.07) is 7.66. The number of hydrogen-bond acceptors (Lipinski definition) is 6. The number of thioether (sulfide) groups is 1. The number of H-pyrrole nitrogens is 1. The normalized spacial score (nSPS) is 19.7. The highest BCUT2D eigenvalue weighted by molar-refractivity contribution is 7.99. The van der Waals surface area contributed by atoms with Gasteiger partial charge in [0, 0.05) is 23.6 Å². The van der Waals surface area contributed by atoms with Crippen molar-refractivity contribution in [2.45, 2.75) is 51.6 Å². The van der Waals surface area contributed by atoms with Crippen LogP contribution in [0.25, 0.3) is 0 Å². The Hall–Kier alpha value is -2.54. The number of nitrogens with zero attached hydrogens (tertiary/aromatic N) is 1. The summed E-state index contributed by atoms with van der Waals surface area (Å²) >= 11 is 1.49. The van der Waals surface area contributed by atoms with Crippen LogP contribution in [0.1, 0.15) is 57.6 Å². The van der Waals surface area contributed by atoms with Crippen LogP contribution < -0.4 is 15.6 Å². The Morgan fingerprint density at radius 3 is 2.57 bits per heavy atom. The van der Waals surface area contributed by atoms with Gasteiger partial charge in [-0.3, -0.25) is 9.59 Å². The van der Waals surface area contributed by atoms with Crippen LogP contribution in [0.3, 0.4) is 0 Å². The molecule has 1 aromatic heterocycles. The smallest absolute Gasteiger partial charge is 0.257 e. The van der Waals surface area contributed by atoms with Crippen molar-refractivity contribution in [3.05, 3.63) is 57.0 Å². The molecular formula is C23H27N3O3S. The third kappa shape index (κ3) is 3.78. The number of allylic oxidation sites excluding steroid dienone is 2. The molecule has 2 heterocycles. The number of aromatic nitrogens is 2. The van der Waals surface area contributed by atoms with Gasteiger partial charge in [-0.15, -0.1) is 0 Å². The van der Waals surface area contributed by atoms with E-state index in [0.29, 0.717) is 35.1 Å². The van der Waals surface area contributed by atoms with Crippen molar-refractivity contribution in [1.29, 1.82) is 0 Å². The van der Waals surface area contributed by atoms with Gasteiger partial charge in [-0.05, 0) is 42.2 Å². The lowest BCUT2D eigenvalue weighted by atomic mass is 9.69. The molecule has 2 aliphatic rings. The molecule has 30 heavy (non-hydrogen) atoms. The molecule has 0 bridgehead atoms. The Kier molecular flexibility index (Phi) is 5.49. The summed E-state index contributed by atoms with van der Waals surface area (Å²) in [5.41, 5.74) is 2.64. The molecule has 7 heteroatoms. The lowest BCUT2D eigenvalue weighted by Gasteiger charge is -2.38. The topological polar surface area (TPSA) is 84.1 Å². The Labute approximate surface area is 180 Å². The predicted octanol–water partition coefficient (Wildman–Crippen LogP) is 4.48. The second kappa shape index (κ2) is 7.95. The SMILES string of the molecule is CCOc1ccc([C@H]2C3=C(CC(C)(C)CC3=O)Nc3nc(SCC)[nH]c(=O)c32)cc1. The highest BCUT2D eigenvalue weighted by atomic mass is 32.2. The van der Waals surface area contributed by atoms with E-state index in [4.69, 9.17) is 4.74 Å². The number of rotatable bonds is 5. The molecule has 6 nitrogen and oxygen atoms in total. The van der Waals surface area contributed by atoms with Crippen molar-refractivity contribution in [3.8, 4) is 5.75 Å². The van der Waals surface area contributed by atoms with Gasteiger partial charge in [0.2, 0.25) is 0 Å². The number of ether oxygens (including phenoxy) is 1. The third-order valence-corrected chi connectivity index (χ3v) is 6.26. The standard InChI is InChI=1S/C23H27N3O3S/c1-5-29-14-9-7-13(8-10-14)17-18-15(11-23(3,4)12-16(18)27)24-20-19(17)21(28)26-22(25-20)30-6-2/h7-10,17H,5-6,11-12H2,1-4H3,(H2,24,25,26,28)/t17-/m0/s1. The molecule has 0 unspecified atom stereocenters. The van der Waals surface area contributed by atoms with Crippen molar-refractivity contribution in [1.82, 2.24) is 9.97 Å². The van der Waals surface area contributed by atoms with E-state index in [2.05, 4.69) is 29.1 Å². The molecule has 4 rings (SSSR count). The number of benzene rings is 1. The van der Waals surface area contributed by atoms with Crippen molar-refractivity contribution in [2.24, 2.45) is 5.41 Å². The first kappa shape index (κ1) is 20.7. The van der Waals surface area contributed by atoms with Crippen molar-refractivity contribution in [2.75, 3.05) is 17.7 Å². The monoisotopic (exact) mass is 425 g/mol. The van der Waals surface area contributed by atoms with E-state index in [-0.39, 0.29) is 16.8 Å². The fraction of sp³-hybridized carbons (Fsp3) is 0.435. The largest absolute Gasteiger partial charge is 0.494 e. The molecule has 0 spiro atoms. The molecule has 2 N–H and O–H groups in total. The number of aromatic amines is 1. The molecule has 0 amide bonds. The third-order valence-electron chi connectivity index (χ3n) is 5.51. The van der Waals surface area contributed by atoms with Crippen LogP contribution in [-0.2, 0) is 4.79 Å². The lowest BCUT2D eigenvalue weighted by Crippen LogP contribution is -2.37. The first-order chi connectivity index (χ1) is 14.3. The number of Topliss-reactive ketones (excluding diaryl/α,β-unsaturated/α-hetero) is 1.